The molecule has 1 fully saturated rings. The molecule has 1 aliphatic heterocycles. The standard InChI is InChI=1S/C15H18ClN3O2/c16-13-4-2-1-3-12(13)14(11-17)19-9-7-18(8-10-19)6-5-15(20)21/h1-4,14H,5-10H2,(H,20,21). The Morgan fingerprint density at radius 3 is 2.57 bits per heavy atom. The fraction of sp³-hybridized carbons (Fsp3) is 0.467. The number of carbonyl (C=O) groups is 1. The number of carboxylic acid groups (broad SMARTS) is 1. The quantitative estimate of drug-likeness (QED) is 0.901. The van der Waals surface area contributed by atoms with Crippen LogP contribution >= 0.6 is 11.6 Å². The summed E-state index contributed by atoms with van der Waals surface area (Å²) in [5, 5.41) is 18.8. The van der Waals surface area contributed by atoms with E-state index in [9.17, 15) is 10.1 Å². The summed E-state index contributed by atoms with van der Waals surface area (Å²) in [5.74, 6) is -0.775. The zero-order valence-electron chi connectivity index (χ0n) is 11.7. The second-order valence-corrected chi connectivity index (χ2v) is 5.48. The van der Waals surface area contributed by atoms with E-state index in [-0.39, 0.29) is 12.5 Å². The molecule has 1 saturated heterocycles. The van der Waals surface area contributed by atoms with Crippen molar-refractivity contribution in [2.24, 2.45) is 0 Å². The molecule has 0 spiro atoms. The van der Waals surface area contributed by atoms with Crippen molar-refractivity contribution >= 4 is 17.6 Å². The van der Waals surface area contributed by atoms with Crippen LogP contribution in [0.4, 0.5) is 0 Å². The molecule has 1 aromatic rings. The van der Waals surface area contributed by atoms with Gasteiger partial charge in [-0.3, -0.25) is 9.69 Å². The number of hydrogen-bond acceptors (Lipinski definition) is 4. The van der Waals surface area contributed by atoms with Gasteiger partial charge in [0, 0.05) is 43.3 Å². The Balaban J connectivity index is 1.96. The van der Waals surface area contributed by atoms with Gasteiger partial charge in [0.2, 0.25) is 0 Å². The van der Waals surface area contributed by atoms with E-state index in [1.54, 1.807) is 6.07 Å². The predicted octanol–water partition coefficient (Wildman–Crippen LogP) is 2.00. The number of benzene rings is 1. The van der Waals surface area contributed by atoms with Crippen molar-refractivity contribution in [3.8, 4) is 6.07 Å². The summed E-state index contributed by atoms with van der Waals surface area (Å²) in [6.07, 6.45) is 0.159. The van der Waals surface area contributed by atoms with Gasteiger partial charge in [-0.05, 0) is 6.07 Å². The van der Waals surface area contributed by atoms with E-state index in [2.05, 4.69) is 15.9 Å². The first-order valence-electron chi connectivity index (χ1n) is 6.94. The lowest BCUT2D eigenvalue weighted by atomic mass is 10.1. The van der Waals surface area contributed by atoms with Gasteiger partial charge in [-0.1, -0.05) is 29.8 Å². The summed E-state index contributed by atoms with van der Waals surface area (Å²) in [4.78, 5) is 14.8. The highest BCUT2D eigenvalue weighted by Gasteiger charge is 2.26. The van der Waals surface area contributed by atoms with E-state index in [1.807, 2.05) is 18.2 Å². The Morgan fingerprint density at radius 1 is 1.33 bits per heavy atom. The zero-order valence-corrected chi connectivity index (χ0v) is 12.5. The minimum absolute atomic E-state index is 0.159. The van der Waals surface area contributed by atoms with E-state index in [0.717, 1.165) is 31.7 Å². The molecule has 0 saturated carbocycles. The number of rotatable bonds is 5. The van der Waals surface area contributed by atoms with Crippen molar-refractivity contribution in [3.05, 3.63) is 34.9 Å². The van der Waals surface area contributed by atoms with Crippen molar-refractivity contribution in [2.45, 2.75) is 12.5 Å². The van der Waals surface area contributed by atoms with Crippen LogP contribution in [-0.2, 0) is 4.79 Å². The second kappa shape index (κ2) is 7.41. The van der Waals surface area contributed by atoms with E-state index in [1.165, 1.54) is 0 Å². The molecule has 0 bridgehead atoms. The summed E-state index contributed by atoms with van der Waals surface area (Å²) in [5.41, 5.74) is 0.834. The molecule has 1 heterocycles. The van der Waals surface area contributed by atoms with Gasteiger partial charge in [0.25, 0.3) is 0 Å². The van der Waals surface area contributed by atoms with Crippen molar-refractivity contribution in [2.75, 3.05) is 32.7 Å². The van der Waals surface area contributed by atoms with E-state index >= 15 is 0 Å². The molecule has 0 aromatic heterocycles. The van der Waals surface area contributed by atoms with Gasteiger partial charge in [0.1, 0.15) is 6.04 Å². The molecule has 1 atom stereocenters. The summed E-state index contributed by atoms with van der Waals surface area (Å²) in [6, 6.07) is 9.39. The molecule has 0 aliphatic carbocycles. The summed E-state index contributed by atoms with van der Waals surface area (Å²) in [6.45, 7) is 3.59. The lowest BCUT2D eigenvalue weighted by Crippen LogP contribution is -2.47. The number of nitriles is 1. The van der Waals surface area contributed by atoms with E-state index in [4.69, 9.17) is 16.7 Å². The molecule has 21 heavy (non-hydrogen) atoms. The van der Waals surface area contributed by atoms with Crippen molar-refractivity contribution in [1.82, 2.24) is 9.80 Å². The number of hydrogen-bond donors (Lipinski definition) is 1. The van der Waals surface area contributed by atoms with Crippen LogP contribution in [0, 0.1) is 11.3 Å². The normalized spacial score (nSPS) is 18.1. The minimum atomic E-state index is -0.775. The highest BCUT2D eigenvalue weighted by molar-refractivity contribution is 6.31. The van der Waals surface area contributed by atoms with Gasteiger partial charge in [0.05, 0.1) is 12.5 Å². The third kappa shape index (κ3) is 4.18. The predicted molar refractivity (Wildman–Crippen MR) is 80.1 cm³/mol. The number of piperazine rings is 1. The first-order chi connectivity index (χ1) is 10.1. The largest absolute Gasteiger partial charge is 0.481 e. The lowest BCUT2D eigenvalue weighted by molar-refractivity contribution is -0.137. The Bertz CT molecular complexity index is 536. The average Bonchev–Trinajstić information content (AvgIpc) is 2.49. The number of aliphatic carboxylic acids is 1. The molecule has 1 N–H and O–H groups in total. The molecule has 1 unspecified atom stereocenters. The topological polar surface area (TPSA) is 67.6 Å². The van der Waals surface area contributed by atoms with Crippen LogP contribution in [0.1, 0.15) is 18.0 Å². The van der Waals surface area contributed by atoms with Crippen LogP contribution in [0.3, 0.4) is 0 Å². The Hall–Kier alpha value is -1.61. The van der Waals surface area contributed by atoms with Crippen LogP contribution in [0.25, 0.3) is 0 Å². The molecular weight excluding hydrogens is 290 g/mol. The van der Waals surface area contributed by atoms with Crippen molar-refractivity contribution in [3.63, 3.8) is 0 Å². The fourth-order valence-electron chi connectivity index (χ4n) is 2.54. The van der Waals surface area contributed by atoms with Crippen LogP contribution < -0.4 is 0 Å². The molecule has 2 rings (SSSR count). The zero-order chi connectivity index (χ0) is 15.2. The Kier molecular flexibility index (Phi) is 5.57. The van der Waals surface area contributed by atoms with Crippen molar-refractivity contribution in [1.29, 1.82) is 5.26 Å². The second-order valence-electron chi connectivity index (χ2n) is 5.07. The van der Waals surface area contributed by atoms with Gasteiger partial charge in [0.15, 0.2) is 0 Å². The summed E-state index contributed by atoms with van der Waals surface area (Å²) >= 11 is 6.18. The minimum Gasteiger partial charge on any atom is -0.481 e. The fourth-order valence-corrected chi connectivity index (χ4v) is 2.78. The van der Waals surface area contributed by atoms with Gasteiger partial charge >= 0.3 is 5.97 Å². The molecule has 1 aliphatic rings. The number of halogens is 1. The highest BCUT2D eigenvalue weighted by Crippen LogP contribution is 2.27. The smallest absolute Gasteiger partial charge is 0.304 e. The SMILES string of the molecule is N#CC(c1ccccc1Cl)N1CCN(CCC(=O)O)CC1. The molecule has 6 heteroatoms. The summed E-state index contributed by atoms with van der Waals surface area (Å²) < 4.78 is 0. The molecule has 0 radical (unpaired) electrons. The van der Waals surface area contributed by atoms with Gasteiger partial charge in [-0.2, -0.15) is 5.26 Å². The number of carboxylic acids is 1. The van der Waals surface area contributed by atoms with E-state index in [0.29, 0.717) is 11.6 Å². The third-order valence-corrected chi connectivity index (χ3v) is 4.08. The van der Waals surface area contributed by atoms with Crippen LogP contribution in [0.5, 0.6) is 0 Å². The molecule has 0 amide bonds. The summed E-state index contributed by atoms with van der Waals surface area (Å²) in [7, 11) is 0. The maximum absolute atomic E-state index is 10.6. The molecule has 1 aromatic carbocycles. The Morgan fingerprint density at radius 2 is 2.00 bits per heavy atom. The highest BCUT2D eigenvalue weighted by atomic mass is 35.5. The van der Waals surface area contributed by atoms with Gasteiger partial charge in [-0.25, -0.2) is 0 Å². The van der Waals surface area contributed by atoms with Crippen LogP contribution in [-0.4, -0.2) is 53.6 Å². The molecule has 112 valence electrons. The van der Waals surface area contributed by atoms with E-state index < -0.39 is 5.97 Å². The molecule has 5 nitrogen and oxygen atoms in total. The first kappa shape index (κ1) is 15.8. The Labute approximate surface area is 129 Å². The molecular formula is C15H18ClN3O2. The average molecular weight is 308 g/mol. The third-order valence-electron chi connectivity index (χ3n) is 3.74. The maximum Gasteiger partial charge on any atom is 0.304 e. The monoisotopic (exact) mass is 307 g/mol. The van der Waals surface area contributed by atoms with Crippen molar-refractivity contribution < 1.29 is 9.90 Å². The van der Waals surface area contributed by atoms with Gasteiger partial charge < -0.3 is 10.0 Å². The maximum atomic E-state index is 10.6. The van der Waals surface area contributed by atoms with Crippen LogP contribution in [0.2, 0.25) is 5.02 Å². The van der Waals surface area contributed by atoms with Crippen LogP contribution in [0.15, 0.2) is 24.3 Å². The first-order valence-corrected chi connectivity index (χ1v) is 7.32. The van der Waals surface area contributed by atoms with Gasteiger partial charge in [-0.15, -0.1) is 0 Å². The lowest BCUT2D eigenvalue weighted by Gasteiger charge is -2.37. The number of nitrogens with zero attached hydrogens (tertiary/aromatic N) is 3.